The molecule has 1 unspecified atom stereocenters. The molecule has 1 amide bonds. The number of likely N-dealkylation sites (N-methyl/N-ethyl adjacent to an activating group) is 1. The molecule has 0 aliphatic carbocycles. The summed E-state index contributed by atoms with van der Waals surface area (Å²) < 4.78 is 13.2. The fraction of sp³-hybridized carbons (Fsp3) is 0.278. The highest BCUT2D eigenvalue weighted by molar-refractivity contribution is 6.31. The molecule has 0 aliphatic heterocycles. The molecule has 2 aromatic rings. The Bertz CT molecular complexity index is 705. The van der Waals surface area contributed by atoms with Crippen LogP contribution in [0.2, 0.25) is 5.02 Å². The van der Waals surface area contributed by atoms with Gasteiger partial charge in [-0.2, -0.15) is 0 Å². The van der Waals surface area contributed by atoms with Gasteiger partial charge in [0.15, 0.2) is 0 Å². The highest BCUT2D eigenvalue weighted by atomic mass is 35.5. The number of nitrogens with one attached hydrogen (secondary N) is 1. The molecule has 0 saturated carbocycles. The maximum atomic E-state index is 13.2. The van der Waals surface area contributed by atoms with Gasteiger partial charge in [-0.15, -0.1) is 0 Å². The molecule has 0 fully saturated rings. The Morgan fingerprint density at radius 3 is 2.65 bits per heavy atom. The van der Waals surface area contributed by atoms with Crippen LogP contribution >= 0.6 is 11.6 Å². The highest BCUT2D eigenvalue weighted by Gasteiger charge is 2.19. The molecular formula is C18H20ClFN2O. The molecule has 0 radical (unpaired) electrons. The van der Waals surface area contributed by atoms with E-state index in [0.717, 1.165) is 0 Å². The SMILES string of the molecule is Cc1ccccc1CN(C)C(C)C(=O)Nc1ccc(F)c(Cl)c1. The summed E-state index contributed by atoms with van der Waals surface area (Å²) >= 11 is 5.73. The first-order valence-electron chi connectivity index (χ1n) is 7.39. The van der Waals surface area contributed by atoms with Gasteiger partial charge in [0.05, 0.1) is 11.1 Å². The molecular weight excluding hydrogens is 315 g/mol. The van der Waals surface area contributed by atoms with Crippen LogP contribution in [0.15, 0.2) is 42.5 Å². The van der Waals surface area contributed by atoms with Gasteiger partial charge in [-0.3, -0.25) is 9.69 Å². The molecule has 1 atom stereocenters. The van der Waals surface area contributed by atoms with Crippen LogP contribution in [-0.4, -0.2) is 23.9 Å². The topological polar surface area (TPSA) is 32.3 Å². The third kappa shape index (κ3) is 4.53. The molecule has 0 heterocycles. The summed E-state index contributed by atoms with van der Waals surface area (Å²) in [5.41, 5.74) is 2.86. The lowest BCUT2D eigenvalue weighted by atomic mass is 10.1. The molecule has 23 heavy (non-hydrogen) atoms. The molecule has 3 nitrogen and oxygen atoms in total. The Hall–Kier alpha value is -1.91. The summed E-state index contributed by atoms with van der Waals surface area (Å²) in [4.78, 5) is 14.3. The minimum atomic E-state index is -0.505. The summed E-state index contributed by atoms with van der Waals surface area (Å²) in [6.07, 6.45) is 0. The molecule has 0 aromatic heterocycles. The molecule has 0 aliphatic rings. The van der Waals surface area contributed by atoms with E-state index in [1.54, 1.807) is 0 Å². The zero-order valence-electron chi connectivity index (χ0n) is 13.4. The lowest BCUT2D eigenvalue weighted by Crippen LogP contribution is -2.39. The van der Waals surface area contributed by atoms with E-state index in [4.69, 9.17) is 11.6 Å². The number of rotatable bonds is 5. The van der Waals surface area contributed by atoms with E-state index in [9.17, 15) is 9.18 Å². The van der Waals surface area contributed by atoms with Crippen LogP contribution in [0.1, 0.15) is 18.1 Å². The third-order valence-electron chi connectivity index (χ3n) is 3.91. The van der Waals surface area contributed by atoms with Crippen molar-refractivity contribution in [3.63, 3.8) is 0 Å². The lowest BCUT2D eigenvalue weighted by molar-refractivity contribution is -0.120. The first-order valence-corrected chi connectivity index (χ1v) is 7.77. The van der Waals surface area contributed by atoms with E-state index in [1.807, 2.05) is 31.0 Å². The minimum absolute atomic E-state index is 0.0104. The van der Waals surface area contributed by atoms with Gasteiger partial charge in [-0.05, 0) is 50.2 Å². The smallest absolute Gasteiger partial charge is 0.241 e. The van der Waals surface area contributed by atoms with E-state index in [0.29, 0.717) is 12.2 Å². The van der Waals surface area contributed by atoms with Crippen LogP contribution in [0.4, 0.5) is 10.1 Å². The van der Waals surface area contributed by atoms with Crippen molar-refractivity contribution in [3.05, 3.63) is 64.4 Å². The predicted octanol–water partition coefficient (Wildman–Crippen LogP) is 4.25. The van der Waals surface area contributed by atoms with Crippen molar-refractivity contribution in [2.24, 2.45) is 0 Å². The van der Waals surface area contributed by atoms with Crippen molar-refractivity contribution in [2.45, 2.75) is 26.4 Å². The highest BCUT2D eigenvalue weighted by Crippen LogP contribution is 2.20. The second-order valence-corrected chi connectivity index (χ2v) is 6.04. The Labute approximate surface area is 141 Å². The first kappa shape index (κ1) is 17.4. The van der Waals surface area contributed by atoms with Gasteiger partial charge in [0.2, 0.25) is 5.91 Å². The number of hydrogen-bond donors (Lipinski definition) is 1. The van der Waals surface area contributed by atoms with Gasteiger partial charge < -0.3 is 5.32 Å². The number of amides is 1. The fourth-order valence-electron chi connectivity index (χ4n) is 2.21. The van der Waals surface area contributed by atoms with Crippen LogP contribution in [0.25, 0.3) is 0 Å². The Morgan fingerprint density at radius 1 is 1.30 bits per heavy atom. The van der Waals surface area contributed by atoms with E-state index >= 15 is 0 Å². The Morgan fingerprint density at radius 2 is 2.00 bits per heavy atom. The second kappa shape index (κ2) is 7.57. The van der Waals surface area contributed by atoms with E-state index in [1.165, 1.54) is 29.3 Å². The molecule has 0 spiro atoms. The fourth-order valence-corrected chi connectivity index (χ4v) is 2.39. The average Bonchev–Trinajstić information content (AvgIpc) is 2.52. The van der Waals surface area contributed by atoms with Crippen LogP contribution in [0.5, 0.6) is 0 Å². The molecule has 122 valence electrons. The first-order chi connectivity index (χ1) is 10.9. The van der Waals surface area contributed by atoms with E-state index in [-0.39, 0.29) is 17.0 Å². The normalized spacial score (nSPS) is 12.3. The van der Waals surface area contributed by atoms with Gasteiger partial charge in [0, 0.05) is 12.2 Å². The summed E-state index contributed by atoms with van der Waals surface area (Å²) in [7, 11) is 1.90. The maximum Gasteiger partial charge on any atom is 0.241 e. The molecule has 2 aromatic carbocycles. The number of nitrogens with zero attached hydrogens (tertiary/aromatic N) is 1. The van der Waals surface area contributed by atoms with Crippen LogP contribution in [0, 0.1) is 12.7 Å². The van der Waals surface area contributed by atoms with Gasteiger partial charge in [0.1, 0.15) is 5.82 Å². The van der Waals surface area contributed by atoms with Crippen molar-refractivity contribution in [1.82, 2.24) is 4.90 Å². The third-order valence-corrected chi connectivity index (χ3v) is 4.20. The van der Waals surface area contributed by atoms with Crippen LogP contribution in [0.3, 0.4) is 0 Å². The van der Waals surface area contributed by atoms with E-state index in [2.05, 4.69) is 24.4 Å². The second-order valence-electron chi connectivity index (χ2n) is 5.64. The number of anilines is 1. The van der Waals surface area contributed by atoms with Crippen molar-refractivity contribution in [3.8, 4) is 0 Å². The molecule has 5 heteroatoms. The number of halogens is 2. The van der Waals surface area contributed by atoms with Gasteiger partial charge in [0.25, 0.3) is 0 Å². The zero-order valence-corrected chi connectivity index (χ0v) is 14.2. The number of carbonyl (C=O) groups is 1. The summed E-state index contributed by atoms with van der Waals surface area (Å²) in [5, 5.41) is 2.75. The molecule has 0 bridgehead atoms. The zero-order chi connectivity index (χ0) is 17.0. The Balaban J connectivity index is 2.01. The van der Waals surface area contributed by atoms with Crippen molar-refractivity contribution in [2.75, 3.05) is 12.4 Å². The van der Waals surface area contributed by atoms with Gasteiger partial charge in [-0.25, -0.2) is 4.39 Å². The van der Waals surface area contributed by atoms with Crippen LogP contribution in [-0.2, 0) is 11.3 Å². The van der Waals surface area contributed by atoms with Crippen molar-refractivity contribution >= 4 is 23.2 Å². The number of benzene rings is 2. The van der Waals surface area contributed by atoms with E-state index < -0.39 is 5.82 Å². The van der Waals surface area contributed by atoms with Crippen molar-refractivity contribution in [1.29, 1.82) is 0 Å². The predicted molar refractivity (Wildman–Crippen MR) is 92.1 cm³/mol. The number of hydrogen-bond acceptors (Lipinski definition) is 2. The molecule has 1 N–H and O–H groups in total. The van der Waals surface area contributed by atoms with Gasteiger partial charge >= 0.3 is 0 Å². The Kier molecular flexibility index (Phi) is 5.74. The standard InChI is InChI=1S/C18H20ClFN2O/c1-12-6-4-5-7-14(12)11-22(3)13(2)18(23)21-15-8-9-17(20)16(19)10-15/h4-10,13H,11H2,1-3H3,(H,21,23). The monoisotopic (exact) mass is 334 g/mol. The number of carbonyl (C=O) groups excluding carboxylic acids is 1. The summed E-state index contributed by atoms with van der Waals surface area (Å²) in [5.74, 6) is -0.668. The minimum Gasteiger partial charge on any atom is -0.325 e. The molecule has 0 saturated heterocycles. The number of aryl methyl sites for hydroxylation is 1. The summed E-state index contributed by atoms with van der Waals surface area (Å²) in [6.45, 7) is 4.55. The quantitative estimate of drug-likeness (QED) is 0.886. The lowest BCUT2D eigenvalue weighted by Gasteiger charge is -2.24. The largest absolute Gasteiger partial charge is 0.325 e. The molecule has 2 rings (SSSR count). The maximum absolute atomic E-state index is 13.2. The van der Waals surface area contributed by atoms with Crippen molar-refractivity contribution < 1.29 is 9.18 Å². The van der Waals surface area contributed by atoms with Gasteiger partial charge in [-0.1, -0.05) is 35.9 Å². The average molecular weight is 335 g/mol. The van der Waals surface area contributed by atoms with Crippen LogP contribution < -0.4 is 5.32 Å². The summed E-state index contributed by atoms with van der Waals surface area (Å²) in [6, 6.07) is 11.9.